The minimum Gasteiger partial charge on any atom is -0.481 e. The van der Waals surface area contributed by atoms with Crippen LogP contribution in [-0.2, 0) is 4.79 Å². The molecular formula is C13H18FNO2. The second-order valence-corrected chi connectivity index (χ2v) is 4.36. The molecule has 0 aliphatic carbocycles. The number of carbonyl (C=O) groups excluding carboxylic acids is 1. The van der Waals surface area contributed by atoms with E-state index in [9.17, 15) is 9.18 Å². The van der Waals surface area contributed by atoms with Crippen molar-refractivity contribution in [1.82, 2.24) is 5.32 Å². The molecule has 17 heavy (non-hydrogen) atoms. The van der Waals surface area contributed by atoms with E-state index in [1.54, 1.807) is 19.1 Å². The van der Waals surface area contributed by atoms with Gasteiger partial charge in [0.05, 0.1) is 0 Å². The van der Waals surface area contributed by atoms with Gasteiger partial charge in [-0.3, -0.25) is 4.79 Å². The average Bonchev–Trinajstić information content (AvgIpc) is 2.25. The normalized spacial score (nSPS) is 12.3. The number of halogens is 1. The van der Waals surface area contributed by atoms with E-state index in [0.29, 0.717) is 18.2 Å². The van der Waals surface area contributed by atoms with Crippen LogP contribution in [0.25, 0.3) is 0 Å². The first kappa shape index (κ1) is 13.5. The van der Waals surface area contributed by atoms with Crippen molar-refractivity contribution < 1.29 is 13.9 Å². The van der Waals surface area contributed by atoms with Crippen LogP contribution in [0.2, 0.25) is 0 Å². The molecule has 0 fully saturated rings. The number of ether oxygens (including phenoxy) is 1. The zero-order chi connectivity index (χ0) is 12.8. The predicted molar refractivity (Wildman–Crippen MR) is 64.3 cm³/mol. The van der Waals surface area contributed by atoms with E-state index in [2.05, 4.69) is 5.32 Å². The Kier molecular flexibility index (Phi) is 4.94. The van der Waals surface area contributed by atoms with Gasteiger partial charge in [0.15, 0.2) is 6.10 Å². The van der Waals surface area contributed by atoms with Crippen molar-refractivity contribution in [2.45, 2.75) is 26.9 Å². The van der Waals surface area contributed by atoms with E-state index in [1.807, 2.05) is 13.8 Å². The summed E-state index contributed by atoms with van der Waals surface area (Å²) in [7, 11) is 0. The summed E-state index contributed by atoms with van der Waals surface area (Å²) < 4.78 is 18.2. The van der Waals surface area contributed by atoms with Gasteiger partial charge < -0.3 is 10.1 Å². The Balaban J connectivity index is 2.48. The first-order valence-corrected chi connectivity index (χ1v) is 5.69. The summed E-state index contributed by atoms with van der Waals surface area (Å²) in [5.74, 6) is 0.178. The van der Waals surface area contributed by atoms with Gasteiger partial charge in [0.25, 0.3) is 5.91 Å². The average molecular weight is 239 g/mol. The molecule has 0 aromatic heterocycles. The van der Waals surface area contributed by atoms with Crippen molar-refractivity contribution in [2.75, 3.05) is 6.54 Å². The Morgan fingerprint density at radius 2 is 2.12 bits per heavy atom. The second-order valence-electron chi connectivity index (χ2n) is 4.36. The van der Waals surface area contributed by atoms with Crippen molar-refractivity contribution >= 4 is 5.91 Å². The van der Waals surface area contributed by atoms with Crippen molar-refractivity contribution in [3.63, 3.8) is 0 Å². The molecule has 1 aromatic rings. The first-order valence-electron chi connectivity index (χ1n) is 5.69. The first-order chi connectivity index (χ1) is 7.99. The lowest BCUT2D eigenvalue weighted by Gasteiger charge is -2.15. The lowest BCUT2D eigenvalue weighted by atomic mass is 10.2. The van der Waals surface area contributed by atoms with Crippen LogP contribution in [0.3, 0.4) is 0 Å². The van der Waals surface area contributed by atoms with E-state index < -0.39 is 6.10 Å². The van der Waals surface area contributed by atoms with Crippen LogP contribution in [-0.4, -0.2) is 18.6 Å². The molecule has 0 aliphatic heterocycles. The summed E-state index contributed by atoms with van der Waals surface area (Å²) in [6.45, 7) is 6.27. The fraction of sp³-hybridized carbons (Fsp3) is 0.462. The Morgan fingerprint density at radius 1 is 1.41 bits per heavy atom. The zero-order valence-electron chi connectivity index (χ0n) is 10.4. The fourth-order valence-electron chi connectivity index (χ4n) is 1.25. The highest BCUT2D eigenvalue weighted by molar-refractivity contribution is 5.80. The highest BCUT2D eigenvalue weighted by atomic mass is 19.1. The van der Waals surface area contributed by atoms with Gasteiger partial charge in [-0.2, -0.15) is 0 Å². The summed E-state index contributed by atoms with van der Waals surface area (Å²) in [6.07, 6.45) is -0.629. The maximum Gasteiger partial charge on any atom is 0.260 e. The Hall–Kier alpha value is -1.58. The molecule has 0 bridgehead atoms. The molecule has 1 unspecified atom stereocenters. The molecule has 0 heterocycles. The highest BCUT2D eigenvalue weighted by Gasteiger charge is 2.14. The smallest absolute Gasteiger partial charge is 0.260 e. The Bertz CT molecular complexity index is 379. The van der Waals surface area contributed by atoms with Gasteiger partial charge in [0, 0.05) is 12.6 Å². The van der Waals surface area contributed by atoms with E-state index in [-0.39, 0.29) is 11.7 Å². The summed E-state index contributed by atoms with van der Waals surface area (Å²) >= 11 is 0. The summed E-state index contributed by atoms with van der Waals surface area (Å²) in [5.41, 5.74) is 0. The van der Waals surface area contributed by atoms with E-state index in [0.717, 1.165) is 0 Å². The van der Waals surface area contributed by atoms with Gasteiger partial charge in [-0.15, -0.1) is 0 Å². The molecule has 4 heteroatoms. The minimum absolute atomic E-state index is 0.192. The number of benzene rings is 1. The van der Waals surface area contributed by atoms with Crippen LogP contribution in [0.1, 0.15) is 20.8 Å². The summed E-state index contributed by atoms with van der Waals surface area (Å²) in [5, 5.41) is 2.76. The highest BCUT2D eigenvalue weighted by Crippen LogP contribution is 2.13. The van der Waals surface area contributed by atoms with Crippen LogP contribution >= 0.6 is 0 Å². The number of hydrogen-bond acceptors (Lipinski definition) is 2. The number of carbonyl (C=O) groups is 1. The number of hydrogen-bond donors (Lipinski definition) is 1. The molecule has 1 rings (SSSR count). The molecule has 1 N–H and O–H groups in total. The minimum atomic E-state index is -0.629. The van der Waals surface area contributed by atoms with Crippen molar-refractivity contribution in [3.8, 4) is 5.75 Å². The molecule has 1 amide bonds. The summed E-state index contributed by atoms with van der Waals surface area (Å²) in [4.78, 5) is 11.6. The van der Waals surface area contributed by atoms with E-state index in [4.69, 9.17) is 4.74 Å². The van der Waals surface area contributed by atoms with Crippen LogP contribution in [0.5, 0.6) is 5.75 Å². The van der Waals surface area contributed by atoms with Gasteiger partial charge in [0.2, 0.25) is 0 Å². The van der Waals surface area contributed by atoms with Crippen LogP contribution in [0, 0.1) is 11.7 Å². The monoisotopic (exact) mass is 239 g/mol. The molecule has 0 aliphatic rings. The molecule has 0 radical (unpaired) electrons. The van der Waals surface area contributed by atoms with Crippen LogP contribution in [0.15, 0.2) is 24.3 Å². The molecular weight excluding hydrogens is 221 g/mol. The topological polar surface area (TPSA) is 38.3 Å². The molecule has 94 valence electrons. The third kappa shape index (κ3) is 4.85. The number of amides is 1. The van der Waals surface area contributed by atoms with E-state index in [1.165, 1.54) is 12.1 Å². The summed E-state index contributed by atoms with van der Waals surface area (Å²) in [6, 6.07) is 5.75. The second kappa shape index (κ2) is 6.23. The fourth-order valence-corrected chi connectivity index (χ4v) is 1.25. The van der Waals surface area contributed by atoms with Crippen LogP contribution in [0.4, 0.5) is 4.39 Å². The lowest BCUT2D eigenvalue weighted by molar-refractivity contribution is -0.127. The predicted octanol–water partition coefficient (Wildman–Crippen LogP) is 2.37. The number of rotatable bonds is 5. The third-order valence-corrected chi connectivity index (χ3v) is 2.16. The molecule has 1 aromatic carbocycles. The third-order valence-electron chi connectivity index (χ3n) is 2.16. The SMILES string of the molecule is CC(C)CNC(=O)C(C)Oc1cccc(F)c1. The lowest BCUT2D eigenvalue weighted by Crippen LogP contribution is -2.38. The zero-order valence-corrected chi connectivity index (χ0v) is 10.4. The van der Waals surface area contributed by atoms with E-state index >= 15 is 0 Å². The van der Waals surface area contributed by atoms with Gasteiger partial charge in [0.1, 0.15) is 11.6 Å². The van der Waals surface area contributed by atoms with Crippen LogP contribution < -0.4 is 10.1 Å². The molecule has 3 nitrogen and oxygen atoms in total. The van der Waals surface area contributed by atoms with Gasteiger partial charge in [-0.05, 0) is 25.0 Å². The Morgan fingerprint density at radius 3 is 2.71 bits per heavy atom. The van der Waals surface area contributed by atoms with Gasteiger partial charge in [-0.25, -0.2) is 4.39 Å². The Labute approximate surface area is 101 Å². The van der Waals surface area contributed by atoms with Gasteiger partial charge in [-0.1, -0.05) is 19.9 Å². The van der Waals surface area contributed by atoms with Crippen molar-refractivity contribution in [1.29, 1.82) is 0 Å². The molecule has 0 spiro atoms. The molecule has 0 saturated carbocycles. The standard InChI is InChI=1S/C13H18FNO2/c1-9(2)8-15-13(16)10(3)17-12-6-4-5-11(14)7-12/h4-7,9-10H,8H2,1-3H3,(H,15,16). The quantitative estimate of drug-likeness (QED) is 0.856. The maximum atomic E-state index is 12.9. The molecule has 1 atom stereocenters. The van der Waals surface area contributed by atoms with Gasteiger partial charge >= 0.3 is 0 Å². The van der Waals surface area contributed by atoms with Crippen molar-refractivity contribution in [2.24, 2.45) is 5.92 Å². The van der Waals surface area contributed by atoms with Crippen molar-refractivity contribution in [3.05, 3.63) is 30.1 Å². The molecule has 0 saturated heterocycles. The largest absolute Gasteiger partial charge is 0.481 e. The maximum absolute atomic E-state index is 12.9. The number of nitrogens with one attached hydrogen (secondary N) is 1.